The second-order valence-electron chi connectivity index (χ2n) is 4.45. The van der Waals surface area contributed by atoms with Gasteiger partial charge in [-0.2, -0.15) is 0 Å². The lowest BCUT2D eigenvalue weighted by molar-refractivity contribution is 0.200. The molecule has 3 nitrogen and oxygen atoms in total. The number of rotatable bonds is 2. The number of hydrogen-bond acceptors (Lipinski definition) is 2. The normalized spacial score (nSPS) is 12.8. The van der Waals surface area contributed by atoms with Gasteiger partial charge in [-0.15, -0.1) is 0 Å². The molecule has 0 saturated heterocycles. The lowest BCUT2D eigenvalue weighted by atomic mass is 10.1. The molecule has 96 valence electrons. The van der Waals surface area contributed by atoms with E-state index in [0.29, 0.717) is 16.8 Å². The Hall–Kier alpha value is -2.20. The van der Waals surface area contributed by atoms with Crippen LogP contribution in [0.2, 0.25) is 0 Å². The summed E-state index contributed by atoms with van der Waals surface area (Å²) in [5.41, 5.74) is 2.55. The molecule has 0 bridgehead atoms. The lowest BCUT2D eigenvalue weighted by Crippen LogP contribution is -1.96. The van der Waals surface area contributed by atoms with E-state index in [1.165, 1.54) is 6.07 Å². The Labute approximate surface area is 110 Å². The van der Waals surface area contributed by atoms with Gasteiger partial charge in [0.15, 0.2) is 0 Å². The smallest absolute Gasteiger partial charge is 0.147 e. The maximum absolute atomic E-state index is 13.8. The van der Waals surface area contributed by atoms with E-state index in [-0.39, 0.29) is 5.82 Å². The first kappa shape index (κ1) is 11.9. The van der Waals surface area contributed by atoms with Crippen molar-refractivity contribution in [1.29, 1.82) is 0 Å². The molecule has 0 aliphatic heterocycles. The molecular weight excluding hydrogens is 243 g/mol. The predicted octanol–water partition coefficient (Wildman–Crippen LogP) is 3.19. The van der Waals surface area contributed by atoms with Crippen LogP contribution in [0.25, 0.3) is 16.9 Å². The molecule has 0 radical (unpaired) electrons. The standard InChI is InChI=1S/C15H13FN2O/c1-10(19)11-9-14-12(16)5-4-8-18(14)15(11)13-6-2-3-7-17-13/h2-10,19H,1H3. The summed E-state index contributed by atoms with van der Waals surface area (Å²) in [6, 6.07) is 10.3. The van der Waals surface area contributed by atoms with E-state index < -0.39 is 6.10 Å². The molecule has 0 amide bonds. The number of aromatic nitrogens is 2. The zero-order valence-electron chi connectivity index (χ0n) is 10.4. The summed E-state index contributed by atoms with van der Waals surface area (Å²) >= 11 is 0. The van der Waals surface area contributed by atoms with Crippen LogP contribution in [0.4, 0.5) is 4.39 Å². The highest BCUT2D eigenvalue weighted by Crippen LogP contribution is 2.31. The van der Waals surface area contributed by atoms with E-state index in [4.69, 9.17) is 0 Å². The van der Waals surface area contributed by atoms with Crippen molar-refractivity contribution in [2.45, 2.75) is 13.0 Å². The Bertz CT molecular complexity index is 720. The third-order valence-corrected chi connectivity index (χ3v) is 3.15. The first-order valence-corrected chi connectivity index (χ1v) is 6.07. The maximum Gasteiger partial charge on any atom is 0.147 e. The number of pyridine rings is 2. The first-order valence-electron chi connectivity index (χ1n) is 6.07. The van der Waals surface area contributed by atoms with Crippen molar-refractivity contribution >= 4 is 5.52 Å². The summed E-state index contributed by atoms with van der Waals surface area (Å²) in [5.74, 6) is -0.313. The van der Waals surface area contributed by atoms with E-state index in [2.05, 4.69) is 4.98 Å². The molecule has 0 fully saturated rings. The average molecular weight is 256 g/mol. The summed E-state index contributed by atoms with van der Waals surface area (Å²) in [7, 11) is 0. The number of halogens is 1. The van der Waals surface area contributed by atoms with Crippen LogP contribution >= 0.6 is 0 Å². The van der Waals surface area contributed by atoms with E-state index >= 15 is 0 Å². The number of fused-ring (bicyclic) bond motifs is 1. The zero-order chi connectivity index (χ0) is 13.4. The fourth-order valence-corrected chi connectivity index (χ4v) is 2.28. The van der Waals surface area contributed by atoms with Crippen molar-refractivity contribution in [3.05, 3.63) is 60.2 Å². The van der Waals surface area contributed by atoms with Crippen molar-refractivity contribution in [2.75, 3.05) is 0 Å². The van der Waals surface area contributed by atoms with Crippen LogP contribution < -0.4 is 0 Å². The van der Waals surface area contributed by atoms with Crippen LogP contribution in [-0.4, -0.2) is 14.5 Å². The largest absolute Gasteiger partial charge is 0.389 e. The van der Waals surface area contributed by atoms with E-state index in [1.807, 2.05) is 18.2 Å². The fraction of sp³-hybridized carbons (Fsp3) is 0.133. The van der Waals surface area contributed by atoms with Crippen LogP contribution in [0.1, 0.15) is 18.6 Å². The molecule has 3 aromatic heterocycles. The summed E-state index contributed by atoms with van der Waals surface area (Å²) in [4.78, 5) is 4.29. The molecule has 0 aliphatic carbocycles. The van der Waals surface area contributed by atoms with Crippen molar-refractivity contribution in [3.8, 4) is 11.4 Å². The summed E-state index contributed by atoms with van der Waals surface area (Å²) in [6.07, 6.45) is 2.77. The molecule has 19 heavy (non-hydrogen) atoms. The molecule has 1 unspecified atom stereocenters. The number of nitrogens with zero attached hydrogens (tertiary/aromatic N) is 2. The maximum atomic E-state index is 13.8. The molecule has 3 aromatic rings. The second kappa shape index (κ2) is 4.48. The monoisotopic (exact) mass is 256 g/mol. The van der Waals surface area contributed by atoms with Gasteiger partial charge in [-0.05, 0) is 37.3 Å². The molecule has 3 heterocycles. The van der Waals surface area contributed by atoms with Gasteiger partial charge in [0.05, 0.1) is 23.0 Å². The van der Waals surface area contributed by atoms with Crippen molar-refractivity contribution in [3.63, 3.8) is 0 Å². The Morgan fingerprint density at radius 3 is 2.79 bits per heavy atom. The Balaban J connectivity index is 2.38. The molecule has 4 heteroatoms. The summed E-state index contributed by atoms with van der Waals surface area (Å²) in [5, 5.41) is 9.89. The van der Waals surface area contributed by atoms with Gasteiger partial charge in [0, 0.05) is 18.0 Å². The van der Waals surface area contributed by atoms with Gasteiger partial charge in [-0.3, -0.25) is 4.98 Å². The molecular formula is C15H13FN2O. The molecule has 0 aliphatic rings. The molecule has 1 atom stereocenters. The summed E-state index contributed by atoms with van der Waals surface area (Å²) < 4.78 is 15.6. The summed E-state index contributed by atoms with van der Waals surface area (Å²) in [6.45, 7) is 1.67. The number of hydrogen-bond donors (Lipinski definition) is 1. The van der Waals surface area contributed by atoms with Gasteiger partial charge in [-0.1, -0.05) is 6.07 Å². The molecule has 0 spiro atoms. The second-order valence-corrected chi connectivity index (χ2v) is 4.45. The van der Waals surface area contributed by atoms with Gasteiger partial charge in [0.1, 0.15) is 5.82 Å². The van der Waals surface area contributed by atoms with Gasteiger partial charge >= 0.3 is 0 Å². The first-order chi connectivity index (χ1) is 9.18. The van der Waals surface area contributed by atoms with Gasteiger partial charge in [-0.25, -0.2) is 4.39 Å². The van der Waals surface area contributed by atoms with E-state index in [1.54, 1.807) is 35.9 Å². The van der Waals surface area contributed by atoms with Crippen LogP contribution in [0, 0.1) is 5.82 Å². The van der Waals surface area contributed by atoms with Crippen LogP contribution in [0.3, 0.4) is 0 Å². The predicted molar refractivity (Wildman–Crippen MR) is 71.2 cm³/mol. The average Bonchev–Trinajstić information content (AvgIpc) is 2.81. The minimum atomic E-state index is -0.684. The van der Waals surface area contributed by atoms with Gasteiger partial charge in [0.25, 0.3) is 0 Å². The van der Waals surface area contributed by atoms with Crippen molar-refractivity contribution in [2.24, 2.45) is 0 Å². The Kier molecular flexibility index (Phi) is 2.80. The Morgan fingerprint density at radius 2 is 2.11 bits per heavy atom. The quantitative estimate of drug-likeness (QED) is 0.764. The van der Waals surface area contributed by atoms with Gasteiger partial charge < -0.3 is 9.51 Å². The molecule has 3 rings (SSSR count). The van der Waals surface area contributed by atoms with Crippen LogP contribution in [0.15, 0.2) is 48.8 Å². The van der Waals surface area contributed by atoms with Crippen molar-refractivity contribution < 1.29 is 9.50 Å². The molecule has 0 saturated carbocycles. The number of aliphatic hydroxyl groups excluding tert-OH is 1. The highest BCUT2D eigenvalue weighted by molar-refractivity contribution is 5.70. The van der Waals surface area contributed by atoms with Crippen LogP contribution in [-0.2, 0) is 0 Å². The number of aliphatic hydroxyl groups is 1. The van der Waals surface area contributed by atoms with Gasteiger partial charge in [0.2, 0.25) is 0 Å². The third-order valence-electron chi connectivity index (χ3n) is 3.15. The minimum Gasteiger partial charge on any atom is -0.389 e. The van der Waals surface area contributed by atoms with Crippen molar-refractivity contribution in [1.82, 2.24) is 9.38 Å². The van der Waals surface area contributed by atoms with E-state index in [9.17, 15) is 9.50 Å². The lowest BCUT2D eigenvalue weighted by Gasteiger charge is -2.08. The third kappa shape index (κ3) is 1.90. The SMILES string of the molecule is CC(O)c1cc2c(F)cccn2c1-c1ccccn1. The molecule has 1 N–H and O–H groups in total. The fourth-order valence-electron chi connectivity index (χ4n) is 2.28. The highest BCUT2D eigenvalue weighted by atomic mass is 19.1. The van der Waals surface area contributed by atoms with Crippen LogP contribution in [0.5, 0.6) is 0 Å². The van der Waals surface area contributed by atoms with E-state index in [0.717, 1.165) is 5.69 Å². The zero-order valence-corrected chi connectivity index (χ0v) is 10.4. The Morgan fingerprint density at radius 1 is 1.26 bits per heavy atom. The minimum absolute atomic E-state index is 0.313. The highest BCUT2D eigenvalue weighted by Gasteiger charge is 2.18. The topological polar surface area (TPSA) is 37.5 Å². The molecule has 0 aromatic carbocycles.